The minimum absolute atomic E-state index is 0.0798. The molecule has 0 unspecified atom stereocenters. The van der Waals surface area contributed by atoms with Crippen LogP contribution in [0.15, 0.2) is 30.3 Å². The first-order valence-corrected chi connectivity index (χ1v) is 10.2. The fourth-order valence-corrected chi connectivity index (χ4v) is 3.65. The maximum absolute atomic E-state index is 13.1. The topological polar surface area (TPSA) is 58.4 Å². The van der Waals surface area contributed by atoms with E-state index in [1.165, 1.54) is 0 Å². The van der Waals surface area contributed by atoms with Crippen molar-refractivity contribution in [2.45, 2.75) is 52.1 Å². The van der Waals surface area contributed by atoms with Crippen molar-refractivity contribution in [2.75, 3.05) is 20.6 Å². The number of aromatic nitrogens is 2. The van der Waals surface area contributed by atoms with E-state index < -0.39 is 0 Å². The van der Waals surface area contributed by atoms with Crippen LogP contribution in [-0.2, 0) is 19.5 Å². The summed E-state index contributed by atoms with van der Waals surface area (Å²) in [5, 5.41) is 0. The molecular formula is C22H30N4O2. The van der Waals surface area contributed by atoms with E-state index in [9.17, 15) is 9.59 Å². The van der Waals surface area contributed by atoms with Crippen molar-refractivity contribution < 1.29 is 9.59 Å². The number of nitrogens with zero attached hydrogens (tertiary/aromatic N) is 4. The van der Waals surface area contributed by atoms with E-state index in [-0.39, 0.29) is 11.8 Å². The van der Waals surface area contributed by atoms with Gasteiger partial charge in [-0.1, -0.05) is 43.7 Å². The molecule has 2 amide bonds. The molecule has 0 spiro atoms. The van der Waals surface area contributed by atoms with Gasteiger partial charge in [0.2, 0.25) is 0 Å². The molecule has 1 aromatic carbocycles. The van der Waals surface area contributed by atoms with Crippen LogP contribution in [0.3, 0.4) is 0 Å². The normalized spacial score (nSPS) is 13.1. The SMILES string of the molecule is CCCCN(C)C(=O)c1nc(C(=O)N(C)Cc2ccccc2)n2c1CCCC2. The van der Waals surface area contributed by atoms with Gasteiger partial charge in [0.15, 0.2) is 5.82 Å². The van der Waals surface area contributed by atoms with Gasteiger partial charge in [0.1, 0.15) is 5.69 Å². The number of unbranched alkanes of at least 4 members (excludes halogenated alkanes) is 1. The van der Waals surface area contributed by atoms with Crippen LogP contribution in [0.2, 0.25) is 0 Å². The monoisotopic (exact) mass is 382 g/mol. The third-order valence-electron chi connectivity index (χ3n) is 5.31. The summed E-state index contributed by atoms with van der Waals surface area (Å²) in [6.45, 7) is 4.07. The van der Waals surface area contributed by atoms with Crippen LogP contribution in [0.4, 0.5) is 0 Å². The number of rotatable bonds is 7. The average molecular weight is 383 g/mol. The highest BCUT2D eigenvalue weighted by Crippen LogP contribution is 2.23. The molecule has 2 heterocycles. The van der Waals surface area contributed by atoms with Crippen molar-refractivity contribution in [1.82, 2.24) is 19.4 Å². The molecule has 1 aliphatic rings. The molecule has 6 nitrogen and oxygen atoms in total. The fraction of sp³-hybridized carbons (Fsp3) is 0.500. The minimum atomic E-state index is -0.137. The van der Waals surface area contributed by atoms with Crippen molar-refractivity contribution in [1.29, 1.82) is 0 Å². The maximum atomic E-state index is 13.1. The second-order valence-corrected chi connectivity index (χ2v) is 7.57. The van der Waals surface area contributed by atoms with Crippen LogP contribution in [0.25, 0.3) is 0 Å². The van der Waals surface area contributed by atoms with Crippen LogP contribution >= 0.6 is 0 Å². The number of carbonyl (C=O) groups is 2. The molecule has 2 aromatic rings. The van der Waals surface area contributed by atoms with Crippen molar-refractivity contribution in [3.8, 4) is 0 Å². The standard InChI is InChI=1S/C22H30N4O2/c1-4-5-14-24(2)21(27)19-18-13-9-10-15-26(18)20(23-19)22(28)25(3)16-17-11-7-6-8-12-17/h6-8,11-12H,4-5,9-10,13-16H2,1-3H3. The molecule has 0 saturated heterocycles. The van der Waals surface area contributed by atoms with Gasteiger partial charge in [-0.25, -0.2) is 4.98 Å². The summed E-state index contributed by atoms with van der Waals surface area (Å²) >= 11 is 0. The molecule has 150 valence electrons. The predicted octanol–water partition coefficient (Wildman–Crippen LogP) is 3.36. The second kappa shape index (κ2) is 9.04. The largest absolute Gasteiger partial charge is 0.340 e. The highest BCUT2D eigenvalue weighted by Gasteiger charge is 2.30. The van der Waals surface area contributed by atoms with Crippen LogP contribution in [-0.4, -0.2) is 51.8 Å². The van der Waals surface area contributed by atoms with Crippen LogP contribution in [0.5, 0.6) is 0 Å². The Bertz CT molecular complexity index is 829. The molecule has 0 bridgehead atoms. The lowest BCUT2D eigenvalue weighted by Gasteiger charge is -2.21. The Morgan fingerprint density at radius 1 is 1.07 bits per heavy atom. The van der Waals surface area contributed by atoms with E-state index in [0.717, 1.165) is 49.9 Å². The van der Waals surface area contributed by atoms with Gasteiger partial charge < -0.3 is 14.4 Å². The van der Waals surface area contributed by atoms with Gasteiger partial charge in [0, 0.05) is 33.7 Å². The van der Waals surface area contributed by atoms with Crippen molar-refractivity contribution in [2.24, 2.45) is 0 Å². The summed E-state index contributed by atoms with van der Waals surface area (Å²) in [6, 6.07) is 9.90. The first-order valence-electron chi connectivity index (χ1n) is 10.2. The van der Waals surface area contributed by atoms with Gasteiger partial charge in [-0.2, -0.15) is 0 Å². The maximum Gasteiger partial charge on any atom is 0.289 e. The number of hydrogen-bond donors (Lipinski definition) is 0. The number of benzene rings is 1. The van der Waals surface area contributed by atoms with Gasteiger partial charge in [0.25, 0.3) is 11.8 Å². The molecule has 0 N–H and O–H groups in total. The fourth-order valence-electron chi connectivity index (χ4n) is 3.65. The Morgan fingerprint density at radius 2 is 1.82 bits per heavy atom. The molecule has 0 atom stereocenters. The lowest BCUT2D eigenvalue weighted by Crippen LogP contribution is -2.30. The van der Waals surface area contributed by atoms with Gasteiger partial charge in [0.05, 0.1) is 5.69 Å². The van der Waals surface area contributed by atoms with Crippen LogP contribution in [0, 0.1) is 0 Å². The van der Waals surface area contributed by atoms with Crippen LogP contribution < -0.4 is 0 Å². The zero-order valence-corrected chi connectivity index (χ0v) is 17.1. The lowest BCUT2D eigenvalue weighted by atomic mass is 10.1. The summed E-state index contributed by atoms with van der Waals surface area (Å²) in [5.74, 6) is 0.173. The molecule has 28 heavy (non-hydrogen) atoms. The van der Waals surface area contributed by atoms with E-state index >= 15 is 0 Å². The summed E-state index contributed by atoms with van der Waals surface area (Å²) in [6.07, 6.45) is 4.83. The third-order valence-corrected chi connectivity index (χ3v) is 5.31. The molecule has 0 aliphatic carbocycles. The van der Waals surface area contributed by atoms with Gasteiger partial charge in [-0.3, -0.25) is 9.59 Å². The summed E-state index contributed by atoms with van der Waals surface area (Å²) < 4.78 is 1.97. The number of fused-ring (bicyclic) bond motifs is 1. The zero-order valence-electron chi connectivity index (χ0n) is 17.1. The number of hydrogen-bond acceptors (Lipinski definition) is 3. The lowest BCUT2D eigenvalue weighted by molar-refractivity contribution is 0.0766. The minimum Gasteiger partial charge on any atom is -0.340 e. The highest BCUT2D eigenvalue weighted by atomic mass is 16.2. The summed E-state index contributed by atoms with van der Waals surface area (Å²) in [5.41, 5.74) is 2.44. The Balaban J connectivity index is 1.85. The van der Waals surface area contributed by atoms with Crippen molar-refractivity contribution in [3.63, 3.8) is 0 Å². The van der Waals surface area contributed by atoms with Gasteiger partial charge in [-0.05, 0) is 31.2 Å². The van der Waals surface area contributed by atoms with Crippen molar-refractivity contribution >= 4 is 11.8 Å². The number of amides is 2. The van der Waals surface area contributed by atoms with Gasteiger partial charge in [-0.15, -0.1) is 0 Å². The van der Waals surface area contributed by atoms with E-state index in [0.29, 0.717) is 24.6 Å². The van der Waals surface area contributed by atoms with Crippen LogP contribution in [0.1, 0.15) is 65.0 Å². The first kappa shape index (κ1) is 20.1. The summed E-state index contributed by atoms with van der Waals surface area (Å²) in [4.78, 5) is 34.0. The highest BCUT2D eigenvalue weighted by molar-refractivity contribution is 5.97. The molecule has 0 radical (unpaired) electrons. The van der Waals surface area contributed by atoms with E-state index in [1.54, 1.807) is 16.8 Å². The Labute approximate surface area is 167 Å². The van der Waals surface area contributed by atoms with E-state index in [4.69, 9.17) is 0 Å². The third kappa shape index (κ3) is 4.26. The van der Waals surface area contributed by atoms with Gasteiger partial charge >= 0.3 is 0 Å². The molecule has 0 fully saturated rings. The van der Waals surface area contributed by atoms with E-state index in [1.807, 2.05) is 41.9 Å². The zero-order chi connectivity index (χ0) is 20.1. The molecular weight excluding hydrogens is 352 g/mol. The average Bonchev–Trinajstić information content (AvgIpc) is 3.11. The van der Waals surface area contributed by atoms with Crippen molar-refractivity contribution in [3.05, 3.63) is 53.1 Å². The Kier molecular flexibility index (Phi) is 6.49. The molecule has 1 aliphatic heterocycles. The molecule has 1 aromatic heterocycles. The number of imidazole rings is 1. The Morgan fingerprint density at radius 3 is 2.54 bits per heavy atom. The Hall–Kier alpha value is -2.63. The quantitative estimate of drug-likeness (QED) is 0.738. The molecule has 0 saturated carbocycles. The van der Waals surface area contributed by atoms with E-state index in [2.05, 4.69) is 11.9 Å². The summed E-state index contributed by atoms with van der Waals surface area (Å²) in [7, 11) is 3.60. The predicted molar refractivity (Wildman–Crippen MR) is 109 cm³/mol. The first-order chi connectivity index (χ1) is 13.5. The molecule has 6 heteroatoms. The smallest absolute Gasteiger partial charge is 0.289 e. The second-order valence-electron chi connectivity index (χ2n) is 7.57. The molecule has 3 rings (SSSR count). The number of carbonyl (C=O) groups excluding carboxylic acids is 2.